The number of amides is 4. The number of nitrogens with two attached hydrogens (primary N) is 3. The topological polar surface area (TPSA) is 244 Å². The molecule has 0 aliphatic carbocycles. The van der Waals surface area contributed by atoms with E-state index in [-0.39, 0.29) is 50.4 Å². The number of benzene rings is 2. The Morgan fingerprint density at radius 2 is 1.21 bits per heavy atom. The number of nitrogens with one attached hydrogen (secondary N) is 4. The van der Waals surface area contributed by atoms with Crippen molar-refractivity contribution in [2.45, 2.75) is 62.3 Å². The molecule has 0 bridgehead atoms. The fourth-order valence-corrected chi connectivity index (χ4v) is 5.20. The summed E-state index contributed by atoms with van der Waals surface area (Å²) in [5.74, 6) is -3.42. The number of carboxylic acid groups (broad SMARTS) is 1. The van der Waals surface area contributed by atoms with Crippen LogP contribution in [0.25, 0.3) is 0 Å². The molecule has 0 spiro atoms. The van der Waals surface area contributed by atoms with Crippen molar-refractivity contribution >= 4 is 59.9 Å². The highest BCUT2D eigenvalue weighted by atomic mass is 32.2. The predicted octanol–water partition coefficient (Wildman–Crippen LogP) is -0.441. The first kappa shape index (κ1) is 39.9. The number of hydrogen-bond donors (Lipinski definition) is 9. The molecular weight excluding hydrogens is 657 g/mol. The third kappa shape index (κ3) is 14.6. The maximum absolute atomic E-state index is 13.7. The molecule has 0 heterocycles. The molecule has 0 unspecified atom stereocenters. The number of rotatable bonds is 21. The lowest BCUT2D eigenvalue weighted by atomic mass is 10.0. The smallest absolute Gasteiger partial charge is 0.326 e. The number of thioether (sulfide) groups is 1. The molecule has 0 radical (unpaired) electrons. The van der Waals surface area contributed by atoms with E-state index < -0.39 is 59.8 Å². The van der Waals surface area contributed by atoms with Crippen LogP contribution in [0.15, 0.2) is 65.7 Å². The molecule has 262 valence electrons. The minimum absolute atomic E-state index is 0.0222. The van der Waals surface area contributed by atoms with Crippen molar-refractivity contribution in [1.82, 2.24) is 21.3 Å². The molecule has 2 aromatic carbocycles. The standard InChI is InChI=1S/C32H46N8O6S2/c1-48-16-14-24(38-30(44)25(39-27(41)22(33)19-47)17-20-9-4-2-5-10-20)29(43)37-23(13-8-15-36-32(34)35)28(42)40-26(31(45)46)18-21-11-6-3-7-12-21/h2-7,9-12,22-26,47H,8,13-19,33H2,1H3,(H,37,43)(H,38,44)(H,39,41)(H,40,42)(H,45,46)(H4,34,35,36)/t22-,23-,24-,25-,26-/m0/s1. The van der Waals surface area contributed by atoms with Crippen molar-refractivity contribution in [2.24, 2.45) is 22.2 Å². The second-order valence-corrected chi connectivity index (χ2v) is 12.3. The van der Waals surface area contributed by atoms with Crippen LogP contribution in [-0.4, -0.2) is 95.2 Å². The minimum Gasteiger partial charge on any atom is -0.480 e. The summed E-state index contributed by atoms with van der Waals surface area (Å²) in [6.07, 6.45) is 2.55. The fraction of sp³-hybridized carbons (Fsp3) is 0.438. The zero-order valence-electron chi connectivity index (χ0n) is 26.8. The van der Waals surface area contributed by atoms with Gasteiger partial charge in [-0.2, -0.15) is 24.4 Å². The lowest BCUT2D eigenvalue weighted by Crippen LogP contribution is -2.59. The molecule has 0 fully saturated rings. The number of nitrogens with zero attached hydrogens (tertiary/aromatic N) is 1. The first-order chi connectivity index (χ1) is 22.9. The molecule has 4 amide bonds. The number of thiol groups is 1. The lowest BCUT2D eigenvalue weighted by molar-refractivity contribution is -0.142. The molecule has 5 atom stereocenters. The Bertz CT molecular complexity index is 1360. The van der Waals surface area contributed by atoms with E-state index in [1.54, 1.807) is 54.6 Å². The van der Waals surface area contributed by atoms with Gasteiger partial charge in [-0.05, 0) is 42.4 Å². The molecule has 0 aromatic heterocycles. The monoisotopic (exact) mass is 702 g/mol. The van der Waals surface area contributed by atoms with Gasteiger partial charge in [-0.1, -0.05) is 60.7 Å². The van der Waals surface area contributed by atoms with Crippen molar-refractivity contribution in [2.75, 3.05) is 24.3 Å². The van der Waals surface area contributed by atoms with E-state index >= 15 is 0 Å². The summed E-state index contributed by atoms with van der Waals surface area (Å²) in [5.41, 5.74) is 18.1. The summed E-state index contributed by atoms with van der Waals surface area (Å²) in [6, 6.07) is 12.3. The van der Waals surface area contributed by atoms with E-state index in [1.165, 1.54) is 11.8 Å². The molecule has 48 heavy (non-hydrogen) atoms. The Labute approximate surface area is 290 Å². The first-order valence-electron chi connectivity index (χ1n) is 15.4. The number of aliphatic imine (C=N–C) groups is 1. The first-order valence-corrected chi connectivity index (χ1v) is 17.4. The van der Waals surface area contributed by atoms with Gasteiger partial charge in [0, 0.05) is 25.1 Å². The molecule has 0 aliphatic heterocycles. The van der Waals surface area contributed by atoms with Crippen molar-refractivity contribution in [3.8, 4) is 0 Å². The number of carbonyl (C=O) groups excluding carboxylic acids is 4. The van der Waals surface area contributed by atoms with E-state index in [1.807, 2.05) is 12.3 Å². The number of carboxylic acids is 1. The van der Waals surface area contributed by atoms with E-state index in [0.717, 1.165) is 5.56 Å². The average Bonchev–Trinajstić information content (AvgIpc) is 3.07. The average molecular weight is 703 g/mol. The van der Waals surface area contributed by atoms with Gasteiger partial charge in [-0.25, -0.2) is 4.79 Å². The van der Waals surface area contributed by atoms with Crippen LogP contribution in [0.4, 0.5) is 0 Å². The highest BCUT2D eigenvalue weighted by molar-refractivity contribution is 7.98. The van der Waals surface area contributed by atoms with Crippen molar-refractivity contribution in [1.29, 1.82) is 0 Å². The number of guanidine groups is 1. The Balaban J connectivity index is 2.28. The fourth-order valence-electron chi connectivity index (χ4n) is 4.56. The van der Waals surface area contributed by atoms with Gasteiger partial charge >= 0.3 is 5.97 Å². The van der Waals surface area contributed by atoms with Crippen LogP contribution in [0.1, 0.15) is 30.4 Å². The summed E-state index contributed by atoms with van der Waals surface area (Å²) in [5, 5.41) is 20.4. The third-order valence-corrected chi connectivity index (χ3v) is 8.21. The minimum atomic E-state index is -1.27. The summed E-state index contributed by atoms with van der Waals surface area (Å²) in [4.78, 5) is 69.4. The Kier molecular flexibility index (Phi) is 17.9. The van der Waals surface area contributed by atoms with Gasteiger partial charge in [0.2, 0.25) is 23.6 Å². The highest BCUT2D eigenvalue weighted by Gasteiger charge is 2.31. The van der Waals surface area contributed by atoms with Gasteiger partial charge in [0.25, 0.3) is 0 Å². The molecular formula is C32H46N8O6S2. The number of aliphatic carboxylic acids is 1. The molecule has 16 heteroatoms. The Morgan fingerprint density at radius 1 is 0.750 bits per heavy atom. The number of hydrogen-bond acceptors (Lipinski definition) is 9. The molecule has 11 N–H and O–H groups in total. The van der Waals surface area contributed by atoms with Crippen LogP contribution in [0.3, 0.4) is 0 Å². The molecule has 2 rings (SSSR count). The van der Waals surface area contributed by atoms with Crippen molar-refractivity contribution in [3.63, 3.8) is 0 Å². The van der Waals surface area contributed by atoms with E-state index in [9.17, 15) is 29.1 Å². The summed E-state index contributed by atoms with van der Waals surface area (Å²) < 4.78 is 0. The summed E-state index contributed by atoms with van der Waals surface area (Å²) >= 11 is 5.52. The van der Waals surface area contributed by atoms with E-state index in [2.05, 4.69) is 38.9 Å². The Hall–Kier alpha value is -4.28. The number of carbonyl (C=O) groups is 5. The summed E-state index contributed by atoms with van der Waals surface area (Å²) in [7, 11) is 0. The Morgan fingerprint density at radius 3 is 1.69 bits per heavy atom. The van der Waals surface area contributed by atoms with Gasteiger partial charge in [0.15, 0.2) is 5.96 Å². The van der Waals surface area contributed by atoms with Crippen LogP contribution in [0, 0.1) is 0 Å². The van der Waals surface area contributed by atoms with Crippen LogP contribution in [0.5, 0.6) is 0 Å². The third-order valence-electron chi connectivity index (χ3n) is 7.17. The van der Waals surface area contributed by atoms with Gasteiger partial charge < -0.3 is 43.6 Å². The van der Waals surface area contributed by atoms with E-state index in [0.29, 0.717) is 11.3 Å². The lowest BCUT2D eigenvalue weighted by Gasteiger charge is -2.26. The summed E-state index contributed by atoms with van der Waals surface area (Å²) in [6.45, 7) is 0.163. The highest BCUT2D eigenvalue weighted by Crippen LogP contribution is 2.09. The van der Waals surface area contributed by atoms with Gasteiger partial charge in [0.1, 0.15) is 24.2 Å². The van der Waals surface area contributed by atoms with Crippen molar-refractivity contribution < 1.29 is 29.1 Å². The zero-order valence-corrected chi connectivity index (χ0v) is 28.6. The SMILES string of the molecule is CSCC[C@H](NC(=O)[C@H](Cc1ccccc1)NC(=O)[C@@H](N)CS)C(=O)N[C@@H](CCCN=C(N)N)C(=O)N[C@@H](Cc1ccccc1)C(=O)O. The quantitative estimate of drug-likeness (QED) is 0.0351. The predicted molar refractivity (Wildman–Crippen MR) is 190 cm³/mol. The molecule has 0 aliphatic rings. The molecule has 0 saturated carbocycles. The molecule has 14 nitrogen and oxygen atoms in total. The molecule has 0 saturated heterocycles. The van der Waals surface area contributed by atoms with Crippen LogP contribution >= 0.6 is 24.4 Å². The van der Waals surface area contributed by atoms with E-state index in [4.69, 9.17) is 17.2 Å². The van der Waals surface area contributed by atoms with Crippen LogP contribution in [0.2, 0.25) is 0 Å². The van der Waals surface area contributed by atoms with Gasteiger partial charge in [-0.15, -0.1) is 0 Å². The molecule has 2 aromatic rings. The maximum atomic E-state index is 13.7. The van der Waals surface area contributed by atoms with Gasteiger partial charge in [-0.3, -0.25) is 24.2 Å². The zero-order chi connectivity index (χ0) is 35.5. The maximum Gasteiger partial charge on any atom is 0.326 e. The normalized spacial score (nSPS) is 13.9. The second kappa shape index (κ2) is 21.6. The van der Waals surface area contributed by atoms with Crippen molar-refractivity contribution in [3.05, 3.63) is 71.8 Å². The second-order valence-electron chi connectivity index (χ2n) is 11.0. The largest absolute Gasteiger partial charge is 0.480 e. The van der Waals surface area contributed by atoms with Gasteiger partial charge in [0.05, 0.1) is 6.04 Å². The van der Waals surface area contributed by atoms with Crippen LogP contribution in [-0.2, 0) is 36.8 Å². The van der Waals surface area contributed by atoms with Crippen LogP contribution < -0.4 is 38.5 Å².